The first-order valence-corrected chi connectivity index (χ1v) is 10.8. The minimum atomic E-state index is -3.01. The molecule has 0 spiro atoms. The number of amides is 3. The molecule has 1 unspecified atom stereocenters. The lowest BCUT2D eigenvalue weighted by atomic mass is 9.95. The Hall–Kier alpha value is -2.71. The molecule has 1 saturated carbocycles. The molecule has 1 aliphatic carbocycles. The molecule has 0 N–H and O–H groups in total. The number of halogens is 2. The van der Waals surface area contributed by atoms with Crippen molar-refractivity contribution in [1.82, 2.24) is 14.7 Å². The number of para-hydroxylation sites is 1. The lowest BCUT2D eigenvalue weighted by molar-refractivity contribution is -0.142. The topological polar surface area (TPSA) is 70.2 Å². The maximum absolute atomic E-state index is 13.0. The van der Waals surface area contributed by atoms with Gasteiger partial charge >= 0.3 is 6.61 Å². The van der Waals surface area contributed by atoms with E-state index in [4.69, 9.17) is 0 Å². The van der Waals surface area contributed by atoms with Crippen molar-refractivity contribution >= 4 is 17.7 Å². The van der Waals surface area contributed by atoms with Crippen LogP contribution in [0.15, 0.2) is 24.3 Å². The summed E-state index contributed by atoms with van der Waals surface area (Å²) in [4.78, 5) is 43.3. The van der Waals surface area contributed by atoms with Gasteiger partial charge in [0.1, 0.15) is 5.75 Å². The number of rotatable bonds is 5. The van der Waals surface area contributed by atoms with E-state index in [2.05, 4.69) is 4.74 Å². The molecule has 3 aliphatic rings. The Bertz CT molecular complexity index is 838. The van der Waals surface area contributed by atoms with E-state index < -0.39 is 6.61 Å². The van der Waals surface area contributed by atoms with E-state index in [1.54, 1.807) is 15.9 Å². The van der Waals surface area contributed by atoms with E-state index in [1.807, 2.05) is 4.90 Å². The largest absolute Gasteiger partial charge is 0.434 e. The first kappa shape index (κ1) is 21.5. The molecule has 2 saturated heterocycles. The predicted octanol–water partition coefficient (Wildman–Crippen LogP) is 2.22. The minimum absolute atomic E-state index is 0.0295. The van der Waals surface area contributed by atoms with Crippen molar-refractivity contribution in [2.75, 3.05) is 39.3 Å². The summed E-state index contributed by atoms with van der Waals surface area (Å²) < 4.78 is 29.7. The van der Waals surface area contributed by atoms with Gasteiger partial charge in [0.2, 0.25) is 11.8 Å². The third kappa shape index (κ3) is 4.97. The SMILES string of the molecule is O=C(c1ccccc1OC(F)F)N1CCN(C(=O)C2CCCN(C(=O)C3CC3)C2)CC1. The molecule has 168 valence electrons. The second kappa shape index (κ2) is 9.20. The fourth-order valence-electron chi connectivity index (χ4n) is 4.37. The average Bonchev–Trinajstić information content (AvgIpc) is 3.63. The number of nitrogens with zero attached hydrogens (tertiary/aromatic N) is 3. The summed E-state index contributed by atoms with van der Waals surface area (Å²) in [6, 6.07) is 5.94. The number of benzene rings is 1. The highest BCUT2D eigenvalue weighted by Crippen LogP contribution is 2.33. The monoisotopic (exact) mass is 435 g/mol. The fourth-order valence-corrected chi connectivity index (χ4v) is 4.37. The summed E-state index contributed by atoms with van der Waals surface area (Å²) in [6.45, 7) is -0.390. The molecule has 0 bridgehead atoms. The van der Waals surface area contributed by atoms with Crippen molar-refractivity contribution in [1.29, 1.82) is 0 Å². The van der Waals surface area contributed by atoms with Crippen LogP contribution in [0.1, 0.15) is 36.0 Å². The number of piperidine rings is 1. The molecule has 0 radical (unpaired) electrons. The molecule has 1 atom stereocenters. The van der Waals surface area contributed by atoms with Gasteiger partial charge in [-0.25, -0.2) is 0 Å². The number of hydrogen-bond donors (Lipinski definition) is 0. The zero-order chi connectivity index (χ0) is 22.0. The normalized spacial score (nSPS) is 21.9. The number of likely N-dealkylation sites (tertiary alicyclic amines) is 1. The number of alkyl halides is 2. The first-order valence-electron chi connectivity index (χ1n) is 10.8. The molecule has 31 heavy (non-hydrogen) atoms. The Labute approximate surface area is 179 Å². The predicted molar refractivity (Wildman–Crippen MR) is 108 cm³/mol. The lowest BCUT2D eigenvalue weighted by Crippen LogP contribution is -2.54. The molecular formula is C22H27F2N3O4. The van der Waals surface area contributed by atoms with Crippen LogP contribution in [-0.4, -0.2) is 78.3 Å². The number of piperazine rings is 1. The van der Waals surface area contributed by atoms with Crippen molar-refractivity contribution in [3.05, 3.63) is 29.8 Å². The van der Waals surface area contributed by atoms with Gasteiger partial charge in [0.05, 0.1) is 11.5 Å². The molecule has 7 nitrogen and oxygen atoms in total. The van der Waals surface area contributed by atoms with Gasteiger partial charge in [-0.05, 0) is 37.8 Å². The van der Waals surface area contributed by atoms with Crippen LogP contribution in [0, 0.1) is 11.8 Å². The van der Waals surface area contributed by atoms with E-state index in [9.17, 15) is 23.2 Å². The Balaban J connectivity index is 1.33. The number of carbonyl (C=O) groups is 3. The van der Waals surface area contributed by atoms with Crippen LogP contribution >= 0.6 is 0 Å². The Morgan fingerprint density at radius 1 is 0.839 bits per heavy atom. The molecule has 9 heteroatoms. The van der Waals surface area contributed by atoms with Crippen molar-refractivity contribution in [2.45, 2.75) is 32.3 Å². The molecule has 0 aromatic heterocycles. The average molecular weight is 435 g/mol. The van der Waals surface area contributed by atoms with Crippen LogP contribution in [0.4, 0.5) is 8.78 Å². The van der Waals surface area contributed by atoms with Gasteiger partial charge in [-0.2, -0.15) is 8.78 Å². The first-order chi connectivity index (χ1) is 14.9. The second-order valence-corrected chi connectivity index (χ2v) is 8.39. The Morgan fingerprint density at radius 2 is 1.48 bits per heavy atom. The summed E-state index contributed by atoms with van der Waals surface area (Å²) in [5.41, 5.74) is 0.0871. The van der Waals surface area contributed by atoms with Gasteiger partial charge < -0.3 is 19.4 Å². The summed E-state index contributed by atoms with van der Waals surface area (Å²) in [7, 11) is 0. The van der Waals surface area contributed by atoms with Gasteiger partial charge in [-0.1, -0.05) is 12.1 Å². The summed E-state index contributed by atoms with van der Waals surface area (Å²) >= 11 is 0. The van der Waals surface area contributed by atoms with Crippen molar-refractivity contribution in [3.8, 4) is 5.75 Å². The third-order valence-electron chi connectivity index (χ3n) is 6.22. The smallest absolute Gasteiger partial charge is 0.387 e. The van der Waals surface area contributed by atoms with E-state index in [-0.39, 0.29) is 40.9 Å². The molecule has 4 rings (SSSR count). The second-order valence-electron chi connectivity index (χ2n) is 8.39. The molecular weight excluding hydrogens is 408 g/mol. The number of ether oxygens (including phenoxy) is 1. The van der Waals surface area contributed by atoms with Gasteiger partial charge in [0.25, 0.3) is 5.91 Å². The maximum atomic E-state index is 13.0. The van der Waals surface area contributed by atoms with Crippen LogP contribution in [-0.2, 0) is 9.59 Å². The highest BCUT2D eigenvalue weighted by molar-refractivity contribution is 5.97. The van der Waals surface area contributed by atoms with E-state index >= 15 is 0 Å². The van der Waals surface area contributed by atoms with E-state index in [0.717, 1.165) is 32.2 Å². The van der Waals surface area contributed by atoms with Crippen molar-refractivity contribution < 1.29 is 27.9 Å². The van der Waals surface area contributed by atoms with Crippen LogP contribution in [0.2, 0.25) is 0 Å². The Morgan fingerprint density at radius 3 is 2.16 bits per heavy atom. The molecule has 3 amide bonds. The fraction of sp³-hybridized carbons (Fsp3) is 0.591. The van der Waals surface area contributed by atoms with Gasteiger partial charge in [0, 0.05) is 45.2 Å². The number of carbonyl (C=O) groups excluding carboxylic acids is 3. The molecule has 1 aromatic carbocycles. The zero-order valence-corrected chi connectivity index (χ0v) is 17.3. The summed E-state index contributed by atoms with van der Waals surface area (Å²) in [6.07, 6.45) is 3.50. The standard InChI is InChI=1S/C22H27F2N3O4/c23-22(24)31-18-6-2-1-5-17(18)21(30)26-12-10-25(11-13-26)20(29)16-4-3-9-27(14-16)19(28)15-7-8-15/h1-2,5-6,15-16,22H,3-4,7-14H2. The quantitative estimate of drug-likeness (QED) is 0.711. The van der Waals surface area contributed by atoms with E-state index in [0.29, 0.717) is 32.7 Å². The van der Waals surface area contributed by atoms with E-state index in [1.165, 1.54) is 18.2 Å². The van der Waals surface area contributed by atoms with Crippen molar-refractivity contribution in [2.24, 2.45) is 11.8 Å². The van der Waals surface area contributed by atoms with Gasteiger partial charge in [0.15, 0.2) is 0 Å². The van der Waals surface area contributed by atoms with Crippen LogP contribution in [0.3, 0.4) is 0 Å². The highest BCUT2D eigenvalue weighted by atomic mass is 19.3. The highest BCUT2D eigenvalue weighted by Gasteiger charge is 2.38. The minimum Gasteiger partial charge on any atom is -0.434 e. The summed E-state index contributed by atoms with van der Waals surface area (Å²) in [5.74, 6) is -0.371. The lowest BCUT2D eigenvalue weighted by Gasteiger charge is -2.39. The van der Waals surface area contributed by atoms with Crippen LogP contribution in [0.25, 0.3) is 0 Å². The Kier molecular flexibility index (Phi) is 6.38. The third-order valence-corrected chi connectivity index (χ3v) is 6.22. The molecule has 1 aromatic rings. The van der Waals surface area contributed by atoms with Gasteiger partial charge in [-0.15, -0.1) is 0 Å². The van der Waals surface area contributed by atoms with Gasteiger partial charge in [-0.3, -0.25) is 14.4 Å². The van der Waals surface area contributed by atoms with Crippen LogP contribution < -0.4 is 4.74 Å². The summed E-state index contributed by atoms with van der Waals surface area (Å²) in [5, 5.41) is 0. The zero-order valence-electron chi connectivity index (χ0n) is 17.3. The molecule has 2 aliphatic heterocycles. The number of hydrogen-bond acceptors (Lipinski definition) is 4. The molecule has 2 heterocycles. The molecule has 3 fully saturated rings. The maximum Gasteiger partial charge on any atom is 0.387 e. The van der Waals surface area contributed by atoms with Crippen LogP contribution in [0.5, 0.6) is 5.75 Å². The van der Waals surface area contributed by atoms with Crippen molar-refractivity contribution in [3.63, 3.8) is 0 Å².